The highest BCUT2D eigenvalue weighted by molar-refractivity contribution is 7.80. The van der Waals surface area contributed by atoms with E-state index >= 15 is 0 Å². The number of aryl methyl sites for hydroxylation is 3. The number of para-hydroxylation sites is 2. The molecule has 4 aromatic heterocycles. The Morgan fingerprint density at radius 2 is 1.85 bits per heavy atom. The molecule has 0 bridgehead atoms. The van der Waals surface area contributed by atoms with Crippen molar-refractivity contribution >= 4 is 110 Å². The minimum absolute atomic E-state index is 0.0193. The van der Waals surface area contributed by atoms with Gasteiger partial charge in [0.15, 0.2) is 10.9 Å². The Balaban J connectivity index is 0.776. The molecule has 5 heterocycles. The largest absolute Gasteiger partial charge is 0.394 e. The van der Waals surface area contributed by atoms with E-state index < -0.39 is 0 Å². The number of nitrogens with zero attached hydrogens (tertiary/aromatic N) is 9. The van der Waals surface area contributed by atoms with Gasteiger partial charge in [-0.15, -0.1) is 24.0 Å². The van der Waals surface area contributed by atoms with Gasteiger partial charge in [-0.2, -0.15) is 0 Å². The molecule has 0 spiro atoms. The van der Waals surface area contributed by atoms with Gasteiger partial charge in [-0.25, -0.2) is 19.9 Å². The Bertz CT molecular complexity index is 2620. The predicted octanol–water partition coefficient (Wildman–Crippen LogP) is 7.09. The molecule has 1 fully saturated rings. The number of thiazole rings is 2. The molecular weight excluding hydrogens is 920 g/mol. The van der Waals surface area contributed by atoms with E-state index in [4.69, 9.17) is 21.2 Å². The summed E-state index contributed by atoms with van der Waals surface area (Å²) in [4.78, 5) is 74.4. The second kappa shape index (κ2) is 23.6. The van der Waals surface area contributed by atoms with Crippen LogP contribution in [0.3, 0.4) is 0 Å². The number of rotatable bonds is 22. The zero-order valence-corrected chi connectivity index (χ0v) is 40.1. The molecule has 1 saturated heterocycles. The number of ether oxygens (including phenoxy) is 1. The lowest BCUT2D eigenvalue weighted by atomic mass is 10.0. The van der Waals surface area contributed by atoms with Crippen LogP contribution in [0.2, 0.25) is 5.02 Å². The Labute approximate surface area is 401 Å². The summed E-state index contributed by atoms with van der Waals surface area (Å²) < 4.78 is 5.65. The second-order valence-corrected chi connectivity index (χ2v) is 18.2. The van der Waals surface area contributed by atoms with E-state index in [-0.39, 0.29) is 30.7 Å². The maximum Gasteiger partial charge on any atom is 0.267 e. The van der Waals surface area contributed by atoms with Crippen LogP contribution < -0.4 is 25.8 Å². The van der Waals surface area contributed by atoms with Crippen molar-refractivity contribution in [1.82, 2.24) is 35.1 Å². The Morgan fingerprint density at radius 1 is 1.02 bits per heavy atom. The van der Waals surface area contributed by atoms with Crippen LogP contribution in [0.1, 0.15) is 49.3 Å². The molecule has 0 aliphatic carbocycles. The molecule has 17 nitrogen and oxygen atoms in total. The average molecular weight is 972 g/mol. The lowest BCUT2D eigenvalue weighted by Gasteiger charge is -2.35. The molecule has 1 aliphatic heterocycles. The smallest absolute Gasteiger partial charge is 0.267 e. The third-order valence-corrected chi connectivity index (χ3v) is 12.9. The molecule has 66 heavy (non-hydrogen) atoms. The number of anilines is 5. The Hall–Kier alpha value is -5.77. The van der Waals surface area contributed by atoms with Gasteiger partial charge in [-0.1, -0.05) is 52.4 Å². The van der Waals surface area contributed by atoms with Crippen molar-refractivity contribution in [2.24, 2.45) is 5.16 Å². The highest BCUT2D eigenvalue weighted by Crippen LogP contribution is 2.33. The SMILES string of the molecule is Cc1nc(Nc2ncc(C(=O)Nc3c(C)cccc3Cl)s2)cc(N2CCN(CC(=O)NCCOCCO/N=C\CN(C)c3c(C(=O)CCCc4nccs4)cnc4c(S)cccc34)CC2)n1. The Kier molecular flexibility index (Phi) is 17.2. The maximum absolute atomic E-state index is 13.4. The number of nitrogens with one attached hydrogen (secondary N) is 3. The molecular formula is C45H51ClN12O5S3. The van der Waals surface area contributed by atoms with Crippen LogP contribution in [0.25, 0.3) is 10.9 Å². The summed E-state index contributed by atoms with van der Waals surface area (Å²) in [5.74, 6) is 1.56. The van der Waals surface area contributed by atoms with Crippen LogP contribution in [0.15, 0.2) is 76.5 Å². The maximum atomic E-state index is 13.4. The number of benzene rings is 2. The van der Waals surface area contributed by atoms with Crippen LogP contribution in [0.5, 0.6) is 0 Å². The highest BCUT2D eigenvalue weighted by Gasteiger charge is 2.22. The normalized spacial score (nSPS) is 13.0. The van der Waals surface area contributed by atoms with Gasteiger partial charge in [-0.3, -0.25) is 24.3 Å². The minimum atomic E-state index is -0.300. The first-order valence-corrected chi connectivity index (χ1v) is 23.9. The van der Waals surface area contributed by atoms with E-state index in [0.717, 1.165) is 44.3 Å². The zero-order chi connectivity index (χ0) is 46.4. The van der Waals surface area contributed by atoms with E-state index in [0.29, 0.717) is 103 Å². The molecule has 6 aromatic rings. The molecule has 346 valence electrons. The second-order valence-electron chi connectivity index (χ2n) is 15.3. The fourth-order valence-corrected chi connectivity index (χ4v) is 9.13. The summed E-state index contributed by atoms with van der Waals surface area (Å²) in [5, 5.41) is 17.9. The number of halogens is 1. The Morgan fingerprint density at radius 3 is 2.65 bits per heavy atom. The van der Waals surface area contributed by atoms with Gasteiger partial charge in [0.2, 0.25) is 5.91 Å². The molecule has 0 radical (unpaired) electrons. The van der Waals surface area contributed by atoms with E-state index in [1.807, 2.05) is 67.6 Å². The van der Waals surface area contributed by atoms with Gasteiger partial charge in [0.25, 0.3) is 5.91 Å². The first kappa shape index (κ1) is 48.2. The first-order valence-electron chi connectivity index (χ1n) is 21.4. The summed E-state index contributed by atoms with van der Waals surface area (Å²) in [6.07, 6.45) is 8.42. The van der Waals surface area contributed by atoms with Crippen LogP contribution >= 0.6 is 46.9 Å². The lowest BCUT2D eigenvalue weighted by Crippen LogP contribution is -2.50. The fourth-order valence-electron chi connectivity index (χ4n) is 7.22. The third-order valence-electron chi connectivity index (χ3n) is 10.5. The number of oxime groups is 1. The van der Waals surface area contributed by atoms with Crippen molar-refractivity contribution < 1.29 is 24.0 Å². The number of piperazine rings is 1. The third kappa shape index (κ3) is 13.2. The zero-order valence-electron chi connectivity index (χ0n) is 36.8. The highest BCUT2D eigenvalue weighted by atomic mass is 35.5. The number of Topliss-reactive ketones (excluding diaryl/α,β-unsaturated/α-hetero) is 1. The number of pyridine rings is 1. The quantitative estimate of drug-likeness (QED) is 0.0177. The summed E-state index contributed by atoms with van der Waals surface area (Å²) in [5.41, 5.74) is 3.48. The van der Waals surface area contributed by atoms with Crippen molar-refractivity contribution in [3.05, 3.63) is 98.3 Å². The number of amides is 2. The molecule has 1 aliphatic rings. The van der Waals surface area contributed by atoms with E-state index in [1.54, 1.807) is 36.0 Å². The van der Waals surface area contributed by atoms with Crippen molar-refractivity contribution in [3.63, 3.8) is 0 Å². The monoisotopic (exact) mass is 970 g/mol. The van der Waals surface area contributed by atoms with Gasteiger partial charge in [-0.05, 0) is 44.4 Å². The molecule has 7 rings (SSSR count). The van der Waals surface area contributed by atoms with Crippen molar-refractivity contribution in [3.8, 4) is 0 Å². The lowest BCUT2D eigenvalue weighted by molar-refractivity contribution is -0.122. The van der Waals surface area contributed by atoms with Crippen LogP contribution in [0, 0.1) is 13.8 Å². The standard InChI is InChI=1S/C45H51ClN12O5S3/c1-29-7-4-9-33(46)41(29)55-44(61)36-27-50-45(66-36)54-37-25-38(53-30(2)52-37)58-19-17-57(18-20-58)28-39(60)47-14-21-62-22-23-63-51-13-16-56(3)43-31-8-5-11-35(64)42(31)49-26-32(43)34(59)10-6-12-40-48-15-24-65-40/h4-5,7-9,11,13,15,24-27,64H,6,10,12,14,16-23,28H2,1-3H3,(H,47,60)(H,55,61)(H,50,52,53,54)/b51-13-. The summed E-state index contributed by atoms with van der Waals surface area (Å²) in [7, 11) is 1.90. The molecule has 0 atom stereocenters. The number of carbonyl (C=O) groups is 3. The minimum Gasteiger partial charge on any atom is -0.394 e. The summed E-state index contributed by atoms with van der Waals surface area (Å²) in [6, 6.07) is 13.0. The number of fused-ring (bicyclic) bond motifs is 1. The van der Waals surface area contributed by atoms with Crippen LogP contribution in [-0.2, 0) is 20.8 Å². The van der Waals surface area contributed by atoms with Crippen molar-refractivity contribution in [1.29, 1.82) is 0 Å². The van der Waals surface area contributed by atoms with Gasteiger partial charge >= 0.3 is 0 Å². The number of ketones is 1. The van der Waals surface area contributed by atoms with Gasteiger partial charge in [0, 0.05) is 80.3 Å². The number of carbonyl (C=O) groups excluding carboxylic acids is 3. The van der Waals surface area contributed by atoms with E-state index in [1.165, 1.54) is 17.5 Å². The topological polar surface area (TPSA) is 192 Å². The average Bonchev–Trinajstić information content (AvgIpc) is 4.01. The molecule has 0 unspecified atom stereocenters. The summed E-state index contributed by atoms with van der Waals surface area (Å²) in [6.45, 7) is 8.35. The molecule has 21 heteroatoms. The van der Waals surface area contributed by atoms with E-state index in [2.05, 4.69) is 68.5 Å². The number of aromatic nitrogens is 5. The molecule has 2 amide bonds. The van der Waals surface area contributed by atoms with Crippen molar-refractivity contribution in [2.45, 2.75) is 38.0 Å². The van der Waals surface area contributed by atoms with Crippen molar-refractivity contribution in [2.75, 3.05) is 93.1 Å². The molecule has 0 saturated carbocycles. The number of hydrogen-bond donors (Lipinski definition) is 4. The number of thiol groups is 1. The first-order chi connectivity index (χ1) is 32.0. The number of hydrogen-bond acceptors (Lipinski definition) is 18. The van der Waals surface area contributed by atoms with Gasteiger partial charge in [0.05, 0.1) is 71.2 Å². The summed E-state index contributed by atoms with van der Waals surface area (Å²) >= 11 is 13.7. The van der Waals surface area contributed by atoms with E-state index in [9.17, 15) is 14.4 Å². The predicted molar refractivity (Wildman–Crippen MR) is 265 cm³/mol. The van der Waals surface area contributed by atoms with Gasteiger partial charge in [0.1, 0.15) is 28.9 Å². The van der Waals surface area contributed by atoms with Gasteiger partial charge < -0.3 is 35.3 Å². The molecule has 3 N–H and O–H groups in total. The fraction of sp³-hybridized carbons (Fsp3) is 0.356. The van der Waals surface area contributed by atoms with Crippen LogP contribution in [-0.4, -0.2) is 126 Å². The van der Waals surface area contributed by atoms with Crippen LogP contribution in [0.4, 0.5) is 28.1 Å². The molecule has 2 aromatic carbocycles.